The lowest BCUT2D eigenvalue weighted by atomic mass is 10.3. The summed E-state index contributed by atoms with van der Waals surface area (Å²) in [5, 5.41) is 4.76. The molecule has 4 aromatic carbocycles. The summed E-state index contributed by atoms with van der Waals surface area (Å²) in [6, 6.07) is 32.9. The minimum Gasteiger partial charge on any atom is -0.497 e. The van der Waals surface area contributed by atoms with Crippen LogP contribution in [0.4, 0.5) is 0 Å². The third kappa shape index (κ3) is 5.94. The zero-order chi connectivity index (χ0) is 24.6. The monoisotopic (exact) mass is 502 g/mol. The van der Waals surface area contributed by atoms with Crippen molar-refractivity contribution in [2.45, 2.75) is 0 Å². The Balaban J connectivity index is 1.77. The lowest BCUT2D eigenvalue weighted by Gasteiger charge is -2.25. The number of rotatable bonds is 10. The van der Waals surface area contributed by atoms with Gasteiger partial charge in [0.2, 0.25) is 18.1 Å². The molecule has 0 spiro atoms. The van der Waals surface area contributed by atoms with Crippen LogP contribution in [-0.2, 0) is 4.12 Å². The predicted molar refractivity (Wildman–Crippen MR) is 146 cm³/mol. The Morgan fingerprint density at radius 1 is 0.343 bits per heavy atom. The van der Waals surface area contributed by atoms with Crippen LogP contribution in [0.3, 0.4) is 0 Å². The molecule has 0 aliphatic rings. The number of hydrogen-bond donors (Lipinski definition) is 0. The van der Waals surface area contributed by atoms with Gasteiger partial charge in [0, 0.05) is 0 Å². The van der Waals surface area contributed by atoms with Crippen molar-refractivity contribution in [3.05, 3.63) is 97.1 Å². The minimum atomic E-state index is -2.06. The zero-order valence-electron chi connectivity index (χ0n) is 20.4. The van der Waals surface area contributed by atoms with Crippen LogP contribution in [0, 0.1) is 0 Å². The van der Waals surface area contributed by atoms with Gasteiger partial charge in [-0.2, -0.15) is 0 Å². The van der Waals surface area contributed by atoms with Crippen LogP contribution in [0.5, 0.6) is 23.0 Å². The highest BCUT2D eigenvalue weighted by atomic mass is 28.4. The second-order valence-electron chi connectivity index (χ2n) is 7.99. The topological polar surface area (TPSA) is 46.2 Å². The molecule has 0 radical (unpaired) electrons. The molecule has 0 saturated heterocycles. The Kier molecular flexibility index (Phi) is 8.25. The van der Waals surface area contributed by atoms with Crippen LogP contribution in [-0.4, -0.2) is 46.5 Å². The van der Waals surface area contributed by atoms with Gasteiger partial charge in [-0.3, -0.25) is 0 Å². The molecule has 35 heavy (non-hydrogen) atoms. The Morgan fingerprint density at radius 2 is 0.543 bits per heavy atom. The van der Waals surface area contributed by atoms with E-state index in [9.17, 15) is 0 Å². The summed E-state index contributed by atoms with van der Waals surface area (Å²) in [6.07, 6.45) is 0. The van der Waals surface area contributed by atoms with Crippen LogP contribution in [0.25, 0.3) is 0 Å². The average Bonchev–Trinajstić information content (AvgIpc) is 2.94. The maximum Gasteiger partial charge on any atom is 0.228 e. The molecule has 0 amide bonds. The van der Waals surface area contributed by atoms with Crippen LogP contribution in [0.2, 0.25) is 0 Å². The van der Waals surface area contributed by atoms with Gasteiger partial charge in [0.15, 0.2) is 0 Å². The van der Waals surface area contributed by atoms with Crippen LogP contribution < -0.4 is 39.7 Å². The highest BCUT2D eigenvalue weighted by Crippen LogP contribution is 2.13. The van der Waals surface area contributed by atoms with Gasteiger partial charge in [-0.15, -0.1) is 0 Å². The molecule has 0 bridgehead atoms. The molecule has 0 unspecified atom stereocenters. The van der Waals surface area contributed by atoms with Crippen molar-refractivity contribution in [3.63, 3.8) is 0 Å². The SMILES string of the molecule is COc1ccc([SiH](O[SiH](c2ccc(OC)cc2)c2ccc(OC)cc2)c2ccc(OC)cc2)cc1. The van der Waals surface area contributed by atoms with E-state index in [2.05, 4.69) is 48.5 Å². The minimum absolute atomic E-state index is 0.829. The Bertz CT molecular complexity index is 1000. The molecule has 0 fully saturated rings. The van der Waals surface area contributed by atoms with Crippen molar-refractivity contribution >= 4 is 38.8 Å². The van der Waals surface area contributed by atoms with E-state index in [1.54, 1.807) is 28.4 Å². The molecule has 0 aliphatic carbocycles. The average molecular weight is 503 g/mol. The van der Waals surface area contributed by atoms with Crippen LogP contribution in [0.15, 0.2) is 97.1 Å². The van der Waals surface area contributed by atoms with E-state index in [-0.39, 0.29) is 0 Å². The smallest absolute Gasteiger partial charge is 0.228 e. The van der Waals surface area contributed by atoms with Gasteiger partial charge in [-0.1, -0.05) is 48.5 Å². The third-order valence-corrected chi connectivity index (χ3v) is 12.1. The van der Waals surface area contributed by atoms with E-state index in [0.29, 0.717) is 0 Å². The van der Waals surface area contributed by atoms with Gasteiger partial charge in [0.05, 0.1) is 28.4 Å². The molecule has 4 rings (SSSR count). The fourth-order valence-electron chi connectivity index (χ4n) is 3.95. The predicted octanol–water partition coefficient (Wildman–Crippen LogP) is 2.11. The van der Waals surface area contributed by atoms with Crippen molar-refractivity contribution in [1.29, 1.82) is 0 Å². The van der Waals surface area contributed by atoms with Crippen molar-refractivity contribution in [2.24, 2.45) is 0 Å². The van der Waals surface area contributed by atoms with Crippen molar-refractivity contribution in [1.82, 2.24) is 0 Å². The highest BCUT2D eigenvalue weighted by molar-refractivity contribution is 6.91. The largest absolute Gasteiger partial charge is 0.497 e. The van der Waals surface area contributed by atoms with Gasteiger partial charge < -0.3 is 23.1 Å². The Labute approximate surface area is 210 Å². The first-order chi connectivity index (χ1) is 17.1. The fraction of sp³-hybridized carbons (Fsp3) is 0.143. The summed E-state index contributed by atoms with van der Waals surface area (Å²) >= 11 is 0. The standard InChI is InChI=1S/C28H30O5Si2/c1-29-21-5-13-25(14-6-21)34(26-15-7-22(30-2)8-16-26)33-35(27-17-9-23(31-3)10-18-27)28-19-11-24(32-4)12-20-28/h5-20,34-35H,1-4H3. The van der Waals surface area contributed by atoms with Gasteiger partial charge in [-0.05, 0) is 69.3 Å². The molecule has 0 aliphatic heterocycles. The lowest BCUT2D eigenvalue weighted by Crippen LogP contribution is -2.55. The highest BCUT2D eigenvalue weighted by Gasteiger charge is 2.27. The first kappa shape index (κ1) is 24.6. The Hall–Kier alpha value is -3.53. The summed E-state index contributed by atoms with van der Waals surface area (Å²) in [7, 11) is 2.60. The number of methoxy groups -OCH3 is 4. The molecule has 5 nitrogen and oxygen atoms in total. The molecule has 0 saturated carbocycles. The lowest BCUT2D eigenvalue weighted by molar-refractivity contribution is 0.415. The maximum absolute atomic E-state index is 7.20. The quantitative estimate of drug-likeness (QED) is 0.311. The first-order valence-electron chi connectivity index (χ1n) is 11.4. The second kappa shape index (κ2) is 11.7. The third-order valence-electron chi connectivity index (χ3n) is 5.95. The molecular formula is C28H30O5Si2. The molecular weight excluding hydrogens is 472 g/mol. The molecule has 0 aromatic heterocycles. The number of ether oxygens (including phenoxy) is 4. The zero-order valence-corrected chi connectivity index (χ0v) is 22.7. The van der Waals surface area contributed by atoms with Crippen molar-refractivity contribution < 1.29 is 23.1 Å². The van der Waals surface area contributed by atoms with Gasteiger partial charge in [-0.25, -0.2) is 0 Å². The van der Waals surface area contributed by atoms with Gasteiger partial charge in [0.25, 0.3) is 0 Å². The molecule has 180 valence electrons. The molecule has 7 heteroatoms. The second-order valence-corrected chi connectivity index (χ2v) is 13.3. The maximum atomic E-state index is 7.20. The van der Waals surface area contributed by atoms with Gasteiger partial charge in [0.1, 0.15) is 23.0 Å². The molecule has 4 aromatic rings. The van der Waals surface area contributed by atoms with E-state index in [1.807, 2.05) is 48.5 Å². The van der Waals surface area contributed by atoms with Crippen LogP contribution >= 0.6 is 0 Å². The van der Waals surface area contributed by atoms with E-state index in [1.165, 1.54) is 20.7 Å². The summed E-state index contributed by atoms with van der Waals surface area (Å²) in [4.78, 5) is 0. The summed E-state index contributed by atoms with van der Waals surface area (Å²) < 4.78 is 28.8. The molecule has 0 heterocycles. The van der Waals surface area contributed by atoms with E-state index >= 15 is 0 Å². The van der Waals surface area contributed by atoms with Crippen molar-refractivity contribution in [3.8, 4) is 23.0 Å². The van der Waals surface area contributed by atoms with Crippen molar-refractivity contribution in [2.75, 3.05) is 28.4 Å². The van der Waals surface area contributed by atoms with E-state index in [4.69, 9.17) is 23.1 Å². The first-order valence-corrected chi connectivity index (χ1v) is 14.6. The summed E-state index contributed by atoms with van der Waals surface area (Å²) in [6.45, 7) is 0. The summed E-state index contributed by atoms with van der Waals surface area (Å²) in [5.41, 5.74) is 0. The van der Waals surface area contributed by atoms with E-state index < -0.39 is 18.1 Å². The van der Waals surface area contributed by atoms with Crippen LogP contribution in [0.1, 0.15) is 0 Å². The fourth-order valence-corrected chi connectivity index (χ4v) is 10.5. The number of benzene rings is 4. The molecule has 0 N–H and O–H groups in total. The molecule has 0 atom stereocenters. The number of hydrogen-bond acceptors (Lipinski definition) is 5. The van der Waals surface area contributed by atoms with Gasteiger partial charge >= 0.3 is 0 Å². The Morgan fingerprint density at radius 3 is 0.714 bits per heavy atom. The summed E-state index contributed by atoms with van der Waals surface area (Å²) in [5.74, 6) is 3.32. The van der Waals surface area contributed by atoms with E-state index in [0.717, 1.165) is 23.0 Å². The normalized spacial score (nSPS) is 10.9.